The molecule has 6 nitrogen and oxygen atoms in total. The van der Waals surface area contributed by atoms with Gasteiger partial charge in [-0.15, -0.1) is 15.3 Å². The molecule has 0 N–H and O–H groups in total. The fourth-order valence-corrected chi connectivity index (χ4v) is 5.16. The van der Waals surface area contributed by atoms with Crippen molar-refractivity contribution < 1.29 is 9.53 Å². The highest BCUT2D eigenvalue weighted by molar-refractivity contribution is 8.01. The van der Waals surface area contributed by atoms with Gasteiger partial charge >= 0.3 is 0 Å². The van der Waals surface area contributed by atoms with E-state index in [1.165, 1.54) is 11.3 Å². The van der Waals surface area contributed by atoms with Crippen molar-refractivity contribution in [3.05, 3.63) is 101 Å². The van der Waals surface area contributed by atoms with E-state index < -0.39 is 0 Å². The second-order valence-corrected chi connectivity index (χ2v) is 10.2. The molecule has 0 radical (unpaired) electrons. The summed E-state index contributed by atoms with van der Waals surface area (Å²) in [5.41, 5.74) is 2.50. The zero-order valence-corrected chi connectivity index (χ0v) is 20.8. The molecule has 3 aromatic carbocycles. The maximum atomic E-state index is 12.4. The van der Waals surface area contributed by atoms with E-state index in [-0.39, 0.29) is 5.78 Å². The van der Waals surface area contributed by atoms with E-state index in [0.717, 1.165) is 32.0 Å². The quantitative estimate of drug-likeness (QED) is 0.0950. The van der Waals surface area contributed by atoms with Crippen LogP contribution in [0.1, 0.15) is 15.9 Å². The van der Waals surface area contributed by atoms with Crippen LogP contribution in [0.5, 0.6) is 5.75 Å². The predicted octanol–water partition coefficient (Wildman–Crippen LogP) is 6.57. The maximum absolute atomic E-state index is 12.4. The summed E-state index contributed by atoms with van der Waals surface area (Å²) in [5, 5.41) is 13.8. The Balaban J connectivity index is 1.12. The van der Waals surface area contributed by atoms with Crippen LogP contribution in [0.15, 0.2) is 89.3 Å². The van der Waals surface area contributed by atoms with Crippen LogP contribution in [-0.2, 0) is 0 Å². The summed E-state index contributed by atoms with van der Waals surface area (Å²) in [6.07, 6.45) is 3.33. The first-order valence-corrected chi connectivity index (χ1v) is 12.9. The molecule has 0 aliphatic rings. The van der Waals surface area contributed by atoms with Crippen molar-refractivity contribution in [2.45, 2.75) is 4.34 Å². The number of carbonyl (C=O) groups is 1. The first-order valence-electron chi connectivity index (χ1n) is 10.8. The molecule has 5 rings (SSSR count). The molecule has 2 aromatic heterocycles. The summed E-state index contributed by atoms with van der Waals surface area (Å²) in [6, 6.07) is 24.4. The number of thioether (sulfide) groups is 1. The number of benzene rings is 3. The molecule has 0 amide bonds. The summed E-state index contributed by atoms with van der Waals surface area (Å²) < 4.78 is 8.52. The summed E-state index contributed by atoms with van der Waals surface area (Å²) in [5.74, 6) is 2.11. The lowest BCUT2D eigenvalue weighted by Crippen LogP contribution is -2.01. The van der Waals surface area contributed by atoms with Gasteiger partial charge in [0.05, 0.1) is 6.61 Å². The largest absolute Gasteiger partial charge is 0.493 e. The fraction of sp³-hybridized carbons (Fsp3) is 0.0769. The van der Waals surface area contributed by atoms with Crippen molar-refractivity contribution in [2.75, 3.05) is 12.4 Å². The number of aromatic nitrogens is 4. The number of hydrogen-bond donors (Lipinski definition) is 0. The molecular formula is C26H19ClN4O2S2. The van der Waals surface area contributed by atoms with Gasteiger partial charge in [0.2, 0.25) is 4.96 Å². The van der Waals surface area contributed by atoms with E-state index >= 15 is 0 Å². The van der Waals surface area contributed by atoms with Gasteiger partial charge < -0.3 is 4.74 Å². The number of allylic oxidation sites excluding steroid dienone is 1. The second kappa shape index (κ2) is 10.9. The van der Waals surface area contributed by atoms with Gasteiger partial charge in [0.15, 0.2) is 15.9 Å². The van der Waals surface area contributed by atoms with Gasteiger partial charge in [0.25, 0.3) is 0 Å². The Kier molecular flexibility index (Phi) is 7.23. The van der Waals surface area contributed by atoms with Crippen LogP contribution in [0.25, 0.3) is 22.4 Å². The predicted molar refractivity (Wildman–Crippen MR) is 142 cm³/mol. The number of ether oxygens (including phenoxy) is 1. The lowest BCUT2D eigenvalue weighted by atomic mass is 10.1. The summed E-state index contributed by atoms with van der Waals surface area (Å²) in [4.78, 5) is 13.2. The number of carbonyl (C=O) groups excluding carboxylic acids is 1. The van der Waals surface area contributed by atoms with E-state index in [1.54, 1.807) is 52.7 Å². The number of hydrogen-bond acceptors (Lipinski definition) is 7. The van der Waals surface area contributed by atoms with Gasteiger partial charge in [-0.1, -0.05) is 83.2 Å². The second-order valence-electron chi connectivity index (χ2n) is 7.42. The van der Waals surface area contributed by atoms with Crippen LogP contribution in [0.4, 0.5) is 0 Å². The Hall–Kier alpha value is -3.46. The molecule has 0 saturated carbocycles. The molecule has 9 heteroatoms. The minimum atomic E-state index is -0.0693. The van der Waals surface area contributed by atoms with Gasteiger partial charge in [-0.25, -0.2) is 0 Å². The lowest BCUT2D eigenvalue weighted by Gasteiger charge is -2.05. The molecule has 0 aliphatic carbocycles. The maximum Gasteiger partial charge on any atom is 0.235 e. The minimum Gasteiger partial charge on any atom is -0.493 e. The van der Waals surface area contributed by atoms with Crippen LogP contribution >= 0.6 is 34.7 Å². The molecule has 174 valence electrons. The van der Waals surface area contributed by atoms with Crippen LogP contribution in [0.2, 0.25) is 5.02 Å². The normalized spacial score (nSPS) is 11.3. The number of halogens is 1. The Labute approximate surface area is 215 Å². The van der Waals surface area contributed by atoms with E-state index in [0.29, 0.717) is 22.9 Å². The Morgan fingerprint density at radius 1 is 1.00 bits per heavy atom. The number of nitrogens with zero attached hydrogens (tertiary/aromatic N) is 4. The highest BCUT2D eigenvalue weighted by Crippen LogP contribution is 2.27. The molecule has 2 heterocycles. The third-order valence-electron chi connectivity index (χ3n) is 5.02. The average molecular weight is 519 g/mol. The van der Waals surface area contributed by atoms with Crippen molar-refractivity contribution in [3.63, 3.8) is 0 Å². The molecule has 0 bridgehead atoms. The molecule has 0 atom stereocenters. The summed E-state index contributed by atoms with van der Waals surface area (Å²) in [6.45, 7) is 0.514. The van der Waals surface area contributed by atoms with E-state index in [9.17, 15) is 4.79 Å². The lowest BCUT2D eigenvalue weighted by molar-refractivity contribution is 0.104. The van der Waals surface area contributed by atoms with Gasteiger partial charge in [-0.05, 0) is 48.0 Å². The zero-order chi connectivity index (χ0) is 24.0. The molecule has 0 unspecified atom stereocenters. The van der Waals surface area contributed by atoms with Crippen molar-refractivity contribution in [2.24, 2.45) is 0 Å². The van der Waals surface area contributed by atoms with Crippen molar-refractivity contribution in [1.29, 1.82) is 0 Å². The molecule has 0 fully saturated rings. The van der Waals surface area contributed by atoms with Crippen LogP contribution in [-0.4, -0.2) is 38.0 Å². The number of rotatable bonds is 9. The Bertz CT molecular complexity index is 1460. The smallest absolute Gasteiger partial charge is 0.235 e. The first kappa shape index (κ1) is 23.3. The number of fused-ring (bicyclic) bond motifs is 1. The molecule has 0 spiro atoms. The van der Waals surface area contributed by atoms with Gasteiger partial charge in [-0.3, -0.25) is 4.79 Å². The number of ketones is 1. The van der Waals surface area contributed by atoms with Crippen LogP contribution in [0, 0.1) is 0 Å². The van der Waals surface area contributed by atoms with Gasteiger partial charge in [0.1, 0.15) is 5.75 Å². The topological polar surface area (TPSA) is 69.4 Å². The minimum absolute atomic E-state index is 0.0693. The third-order valence-corrected chi connectivity index (χ3v) is 7.27. The van der Waals surface area contributed by atoms with E-state index in [2.05, 4.69) is 15.3 Å². The molecular weight excluding hydrogens is 500 g/mol. The van der Waals surface area contributed by atoms with E-state index in [4.69, 9.17) is 16.3 Å². The summed E-state index contributed by atoms with van der Waals surface area (Å²) >= 11 is 9.00. The van der Waals surface area contributed by atoms with Crippen LogP contribution < -0.4 is 4.74 Å². The van der Waals surface area contributed by atoms with Gasteiger partial charge in [-0.2, -0.15) is 4.52 Å². The standard InChI is InChI=1S/C26H19ClN4O2S2/c27-21-11-6-18(7-12-21)8-15-23(32)19-9-13-22(14-10-19)33-16-17-34-26-30-31-24(28-29-25(31)35-26)20-4-2-1-3-5-20/h1-15H,16-17H2/b15-8+. The third kappa shape index (κ3) is 5.79. The highest BCUT2D eigenvalue weighted by atomic mass is 35.5. The Morgan fingerprint density at radius 2 is 1.77 bits per heavy atom. The molecule has 0 saturated heterocycles. The SMILES string of the molecule is O=C(/C=C/c1ccc(Cl)cc1)c1ccc(OCCSc2nn3c(-c4ccccc4)nnc3s2)cc1. The zero-order valence-electron chi connectivity index (χ0n) is 18.4. The van der Waals surface area contributed by atoms with Crippen molar-refractivity contribution >= 4 is 51.5 Å². The molecule has 5 aromatic rings. The van der Waals surface area contributed by atoms with Gasteiger partial charge in [0, 0.05) is 21.9 Å². The van der Waals surface area contributed by atoms with Crippen molar-refractivity contribution in [3.8, 4) is 17.1 Å². The average Bonchev–Trinajstić information content (AvgIpc) is 3.47. The highest BCUT2D eigenvalue weighted by Gasteiger charge is 2.13. The molecule has 35 heavy (non-hydrogen) atoms. The van der Waals surface area contributed by atoms with Crippen molar-refractivity contribution in [1.82, 2.24) is 19.8 Å². The first-order chi connectivity index (χ1) is 17.2. The van der Waals surface area contributed by atoms with Crippen LogP contribution in [0.3, 0.4) is 0 Å². The molecule has 0 aliphatic heterocycles. The fourth-order valence-electron chi connectivity index (χ4n) is 3.27. The summed E-state index contributed by atoms with van der Waals surface area (Å²) in [7, 11) is 0. The van der Waals surface area contributed by atoms with E-state index in [1.807, 2.05) is 54.6 Å². The monoisotopic (exact) mass is 518 g/mol. The Morgan fingerprint density at radius 3 is 2.54 bits per heavy atom.